The van der Waals surface area contributed by atoms with Crippen molar-refractivity contribution < 1.29 is 0 Å². The number of aromatic nitrogens is 1. The van der Waals surface area contributed by atoms with Crippen molar-refractivity contribution in [3.05, 3.63) is 16.1 Å². The summed E-state index contributed by atoms with van der Waals surface area (Å²) in [4.78, 5) is 12.3. The van der Waals surface area contributed by atoms with Crippen molar-refractivity contribution in [1.29, 1.82) is 0 Å². The molecular weight excluding hydrogens is 397 g/mol. The Kier molecular flexibility index (Phi) is 9.18. The van der Waals surface area contributed by atoms with E-state index in [9.17, 15) is 0 Å². The molecule has 2 rings (SSSR count). The largest absolute Gasteiger partial charge is 0.355 e. The van der Waals surface area contributed by atoms with Crippen LogP contribution in [-0.2, 0) is 6.54 Å². The fourth-order valence-electron chi connectivity index (χ4n) is 2.40. The van der Waals surface area contributed by atoms with Crippen LogP contribution in [0.4, 0.5) is 0 Å². The predicted octanol–water partition coefficient (Wildman–Crippen LogP) is 2.22. The third-order valence-corrected chi connectivity index (χ3v) is 4.59. The quantitative estimate of drug-likeness (QED) is 0.433. The number of aliphatic imine (C=N–C) groups is 1. The molecule has 2 heterocycles. The van der Waals surface area contributed by atoms with Gasteiger partial charge < -0.3 is 15.5 Å². The fraction of sp³-hybridized carbons (Fsp3) is 0.714. The molecule has 21 heavy (non-hydrogen) atoms. The topological polar surface area (TPSA) is 52.6 Å². The summed E-state index contributed by atoms with van der Waals surface area (Å²) in [5.74, 6) is 0.870. The van der Waals surface area contributed by atoms with Gasteiger partial charge in [0.1, 0.15) is 0 Å². The molecule has 0 spiro atoms. The Labute approximate surface area is 148 Å². The van der Waals surface area contributed by atoms with Gasteiger partial charge in [0.2, 0.25) is 0 Å². The molecule has 0 aliphatic carbocycles. The lowest BCUT2D eigenvalue weighted by Gasteiger charge is -2.26. The van der Waals surface area contributed by atoms with Gasteiger partial charge in [0, 0.05) is 25.0 Å². The molecule has 5 nitrogen and oxygen atoms in total. The molecule has 0 aromatic carbocycles. The van der Waals surface area contributed by atoms with Gasteiger partial charge in [-0.05, 0) is 32.9 Å². The van der Waals surface area contributed by atoms with E-state index in [0.717, 1.165) is 31.3 Å². The highest BCUT2D eigenvalue weighted by molar-refractivity contribution is 14.0. The number of piperidine rings is 1. The highest BCUT2D eigenvalue weighted by Gasteiger charge is 2.09. The minimum Gasteiger partial charge on any atom is -0.355 e. The summed E-state index contributed by atoms with van der Waals surface area (Å²) in [7, 11) is 1.82. The second-order valence-corrected chi connectivity index (χ2v) is 6.06. The van der Waals surface area contributed by atoms with E-state index in [1.807, 2.05) is 19.5 Å². The number of guanidine groups is 1. The Morgan fingerprint density at radius 1 is 1.33 bits per heavy atom. The van der Waals surface area contributed by atoms with E-state index < -0.39 is 0 Å². The Hall–Kier alpha value is -0.410. The number of halogens is 1. The third-order valence-electron chi connectivity index (χ3n) is 3.65. The smallest absolute Gasteiger partial charge is 0.191 e. The Balaban J connectivity index is 0.00000220. The van der Waals surface area contributed by atoms with E-state index in [1.165, 1.54) is 37.2 Å². The van der Waals surface area contributed by atoms with Crippen LogP contribution in [0.25, 0.3) is 0 Å². The average Bonchev–Trinajstić information content (AvgIpc) is 2.89. The van der Waals surface area contributed by atoms with Crippen molar-refractivity contribution in [3.63, 3.8) is 0 Å². The summed E-state index contributed by atoms with van der Waals surface area (Å²) in [5, 5.41) is 6.72. The zero-order valence-corrected chi connectivity index (χ0v) is 16.0. The first-order valence-electron chi connectivity index (χ1n) is 7.35. The minimum absolute atomic E-state index is 0. The number of likely N-dealkylation sites (tertiary alicyclic amines) is 1. The maximum atomic E-state index is 4.26. The minimum atomic E-state index is 0. The average molecular weight is 423 g/mol. The first kappa shape index (κ1) is 18.6. The highest BCUT2D eigenvalue weighted by Crippen LogP contribution is 2.11. The van der Waals surface area contributed by atoms with Gasteiger partial charge in [-0.25, -0.2) is 4.98 Å². The first-order valence-corrected chi connectivity index (χ1v) is 8.23. The molecule has 2 N–H and O–H groups in total. The van der Waals surface area contributed by atoms with E-state index >= 15 is 0 Å². The zero-order valence-electron chi connectivity index (χ0n) is 12.9. The van der Waals surface area contributed by atoms with Crippen LogP contribution in [0.1, 0.15) is 29.8 Å². The van der Waals surface area contributed by atoms with Crippen LogP contribution >= 0.6 is 35.3 Å². The van der Waals surface area contributed by atoms with Gasteiger partial charge in [0.05, 0.1) is 17.7 Å². The van der Waals surface area contributed by atoms with Crippen molar-refractivity contribution in [1.82, 2.24) is 20.5 Å². The summed E-state index contributed by atoms with van der Waals surface area (Å²) in [6, 6.07) is 0. The molecule has 120 valence electrons. The molecule has 0 radical (unpaired) electrons. The van der Waals surface area contributed by atoms with Crippen LogP contribution in [0, 0.1) is 6.92 Å². The van der Waals surface area contributed by atoms with Gasteiger partial charge in [0.15, 0.2) is 5.96 Å². The molecular formula is C14H26IN5S. The summed E-state index contributed by atoms with van der Waals surface area (Å²) in [5.41, 5.74) is 2.99. The molecule has 1 saturated heterocycles. The molecule has 0 atom stereocenters. The lowest BCUT2D eigenvalue weighted by Crippen LogP contribution is -2.42. The maximum Gasteiger partial charge on any atom is 0.191 e. The SMILES string of the molecule is CN=C(NCCN1CCCCC1)NCc1scnc1C.I. The summed E-state index contributed by atoms with van der Waals surface area (Å²) < 4.78 is 0. The maximum absolute atomic E-state index is 4.26. The molecule has 0 unspecified atom stereocenters. The third kappa shape index (κ3) is 6.48. The molecule has 0 amide bonds. The number of hydrogen-bond acceptors (Lipinski definition) is 4. The number of nitrogens with one attached hydrogen (secondary N) is 2. The van der Waals surface area contributed by atoms with E-state index in [-0.39, 0.29) is 24.0 Å². The summed E-state index contributed by atoms with van der Waals surface area (Å²) in [6.07, 6.45) is 4.08. The Morgan fingerprint density at radius 2 is 2.10 bits per heavy atom. The zero-order chi connectivity index (χ0) is 14.2. The van der Waals surface area contributed by atoms with Crippen LogP contribution in [-0.4, -0.2) is 49.1 Å². The second kappa shape index (κ2) is 10.3. The van der Waals surface area contributed by atoms with Crippen LogP contribution in [0.3, 0.4) is 0 Å². The molecule has 0 bridgehead atoms. The van der Waals surface area contributed by atoms with E-state index in [2.05, 4.69) is 25.5 Å². The number of aryl methyl sites for hydroxylation is 1. The van der Waals surface area contributed by atoms with E-state index in [4.69, 9.17) is 0 Å². The number of nitrogens with zero attached hydrogens (tertiary/aromatic N) is 3. The van der Waals surface area contributed by atoms with Crippen molar-refractivity contribution in [2.45, 2.75) is 32.7 Å². The van der Waals surface area contributed by atoms with E-state index in [1.54, 1.807) is 11.3 Å². The molecule has 1 aromatic heterocycles. The van der Waals surface area contributed by atoms with Gasteiger partial charge in [-0.2, -0.15) is 0 Å². The lowest BCUT2D eigenvalue weighted by molar-refractivity contribution is 0.232. The highest BCUT2D eigenvalue weighted by atomic mass is 127. The summed E-state index contributed by atoms with van der Waals surface area (Å²) >= 11 is 1.68. The lowest BCUT2D eigenvalue weighted by atomic mass is 10.1. The molecule has 7 heteroatoms. The molecule has 1 aromatic rings. The number of rotatable bonds is 5. The van der Waals surface area contributed by atoms with Crippen LogP contribution in [0.2, 0.25) is 0 Å². The second-order valence-electron chi connectivity index (χ2n) is 5.12. The van der Waals surface area contributed by atoms with Crippen molar-refractivity contribution in [3.8, 4) is 0 Å². The van der Waals surface area contributed by atoms with Crippen LogP contribution < -0.4 is 10.6 Å². The van der Waals surface area contributed by atoms with E-state index in [0.29, 0.717) is 0 Å². The molecule has 1 fully saturated rings. The predicted molar refractivity (Wildman–Crippen MR) is 101 cm³/mol. The normalized spacial score (nSPS) is 16.4. The molecule has 0 saturated carbocycles. The molecule has 1 aliphatic heterocycles. The Morgan fingerprint density at radius 3 is 2.71 bits per heavy atom. The van der Waals surface area contributed by atoms with Gasteiger partial charge in [-0.3, -0.25) is 4.99 Å². The van der Waals surface area contributed by atoms with Gasteiger partial charge in [0.25, 0.3) is 0 Å². The van der Waals surface area contributed by atoms with Gasteiger partial charge in [-0.15, -0.1) is 35.3 Å². The molecule has 1 aliphatic rings. The van der Waals surface area contributed by atoms with Crippen LogP contribution in [0.15, 0.2) is 10.5 Å². The standard InChI is InChI=1S/C14H25N5S.HI/c1-12-13(20-11-18-12)10-17-14(15-2)16-6-9-19-7-4-3-5-8-19;/h11H,3-10H2,1-2H3,(H2,15,16,17);1H. The Bertz CT molecular complexity index is 429. The van der Waals surface area contributed by atoms with Crippen molar-refractivity contribution in [2.24, 2.45) is 4.99 Å². The van der Waals surface area contributed by atoms with Crippen molar-refractivity contribution in [2.75, 3.05) is 33.2 Å². The number of hydrogen-bond donors (Lipinski definition) is 2. The fourth-order valence-corrected chi connectivity index (χ4v) is 3.11. The monoisotopic (exact) mass is 423 g/mol. The number of thiazole rings is 1. The summed E-state index contributed by atoms with van der Waals surface area (Å²) in [6.45, 7) is 7.36. The van der Waals surface area contributed by atoms with Crippen molar-refractivity contribution >= 4 is 41.3 Å². The van der Waals surface area contributed by atoms with Gasteiger partial charge >= 0.3 is 0 Å². The van der Waals surface area contributed by atoms with Gasteiger partial charge in [-0.1, -0.05) is 6.42 Å². The van der Waals surface area contributed by atoms with Crippen LogP contribution in [0.5, 0.6) is 0 Å². The first-order chi connectivity index (χ1) is 9.79.